The van der Waals surface area contributed by atoms with Crippen molar-refractivity contribution in [1.29, 1.82) is 0 Å². The molecule has 2 unspecified atom stereocenters. The number of nitrogens with one attached hydrogen (secondary N) is 1. The highest BCUT2D eigenvalue weighted by atomic mass is 16.2. The molecule has 1 aromatic heterocycles. The van der Waals surface area contributed by atoms with E-state index >= 15 is 0 Å². The van der Waals surface area contributed by atoms with Gasteiger partial charge in [0.1, 0.15) is 5.41 Å². The van der Waals surface area contributed by atoms with Crippen molar-refractivity contribution in [2.24, 2.45) is 0 Å². The maximum absolute atomic E-state index is 13.0. The van der Waals surface area contributed by atoms with E-state index in [4.69, 9.17) is 0 Å². The first-order valence-electron chi connectivity index (χ1n) is 7.20. The van der Waals surface area contributed by atoms with Crippen LogP contribution in [0.4, 0.5) is 5.69 Å². The molecule has 3 heterocycles. The fourth-order valence-corrected chi connectivity index (χ4v) is 3.31. The number of carbonyl (C=O) groups excluding carboxylic acids is 1. The van der Waals surface area contributed by atoms with Crippen molar-refractivity contribution >= 4 is 11.6 Å². The summed E-state index contributed by atoms with van der Waals surface area (Å²) >= 11 is 0. The third kappa shape index (κ3) is 1.70. The maximum Gasteiger partial charge on any atom is 0.240 e. The predicted molar refractivity (Wildman–Crippen MR) is 75.3 cm³/mol. The highest BCUT2D eigenvalue weighted by Crippen LogP contribution is 2.45. The lowest BCUT2D eigenvalue weighted by molar-refractivity contribution is -0.124. The Labute approximate surface area is 114 Å². The molecule has 0 saturated carbocycles. The number of amides is 1. The molecular weight excluding hydrogens is 238 g/mol. The summed E-state index contributed by atoms with van der Waals surface area (Å²) < 4.78 is 0. The van der Waals surface area contributed by atoms with Gasteiger partial charge in [-0.05, 0) is 44.9 Å². The smallest absolute Gasteiger partial charge is 0.240 e. The molecule has 0 aromatic carbocycles. The summed E-state index contributed by atoms with van der Waals surface area (Å²) in [5, 5.41) is 3.38. The summed E-state index contributed by atoms with van der Waals surface area (Å²) in [4.78, 5) is 19.5. The Balaban J connectivity index is 2.11. The minimum Gasteiger partial charge on any atom is -0.315 e. The standard InChI is InChI=1S/C15H21N3O/c1-3-11(2)18-12-6-4-9-17-13(12)15(14(18)19)7-5-8-16-10-15/h4,6,9,11,16H,3,5,7-8,10H2,1-2H3. The van der Waals surface area contributed by atoms with E-state index in [-0.39, 0.29) is 11.9 Å². The lowest BCUT2D eigenvalue weighted by atomic mass is 9.78. The number of hydrogen-bond donors (Lipinski definition) is 1. The summed E-state index contributed by atoms with van der Waals surface area (Å²) in [5.41, 5.74) is 1.58. The summed E-state index contributed by atoms with van der Waals surface area (Å²) in [5.74, 6) is 0.239. The number of carbonyl (C=O) groups is 1. The Hall–Kier alpha value is -1.42. The van der Waals surface area contributed by atoms with E-state index in [1.54, 1.807) is 0 Å². The number of anilines is 1. The molecule has 2 aliphatic heterocycles. The lowest BCUT2D eigenvalue weighted by Gasteiger charge is -2.33. The number of pyridine rings is 1. The van der Waals surface area contributed by atoms with Gasteiger partial charge in [-0.25, -0.2) is 0 Å². The van der Waals surface area contributed by atoms with Gasteiger partial charge in [0, 0.05) is 18.8 Å². The third-order valence-electron chi connectivity index (χ3n) is 4.54. The van der Waals surface area contributed by atoms with Crippen LogP contribution in [0.2, 0.25) is 0 Å². The van der Waals surface area contributed by atoms with Crippen LogP contribution in [0.25, 0.3) is 0 Å². The summed E-state index contributed by atoms with van der Waals surface area (Å²) in [6.07, 6.45) is 4.72. The Morgan fingerprint density at radius 2 is 2.42 bits per heavy atom. The molecule has 1 aromatic rings. The topological polar surface area (TPSA) is 45.2 Å². The first-order valence-corrected chi connectivity index (χ1v) is 7.20. The van der Waals surface area contributed by atoms with Crippen molar-refractivity contribution in [1.82, 2.24) is 10.3 Å². The highest BCUT2D eigenvalue weighted by molar-refractivity contribution is 6.08. The summed E-state index contributed by atoms with van der Waals surface area (Å²) in [7, 11) is 0. The molecule has 1 N–H and O–H groups in total. The van der Waals surface area contributed by atoms with E-state index in [0.29, 0.717) is 0 Å². The zero-order chi connectivity index (χ0) is 13.5. The van der Waals surface area contributed by atoms with Crippen LogP contribution >= 0.6 is 0 Å². The molecule has 102 valence electrons. The minimum atomic E-state index is -0.418. The highest BCUT2D eigenvalue weighted by Gasteiger charge is 2.53. The van der Waals surface area contributed by atoms with Gasteiger partial charge in [0.15, 0.2) is 0 Å². The molecule has 0 radical (unpaired) electrons. The van der Waals surface area contributed by atoms with Crippen LogP contribution in [0.1, 0.15) is 38.8 Å². The third-order valence-corrected chi connectivity index (χ3v) is 4.54. The molecule has 1 fully saturated rings. The van der Waals surface area contributed by atoms with Gasteiger partial charge in [-0.15, -0.1) is 0 Å². The summed E-state index contributed by atoms with van der Waals surface area (Å²) in [6, 6.07) is 4.20. The van der Waals surface area contributed by atoms with Crippen LogP contribution < -0.4 is 10.2 Å². The molecule has 0 bridgehead atoms. The van der Waals surface area contributed by atoms with E-state index in [2.05, 4.69) is 24.1 Å². The molecular formula is C15H21N3O. The van der Waals surface area contributed by atoms with Crippen LogP contribution in [-0.4, -0.2) is 30.0 Å². The van der Waals surface area contributed by atoms with E-state index in [0.717, 1.165) is 43.7 Å². The van der Waals surface area contributed by atoms with Crippen molar-refractivity contribution in [2.45, 2.75) is 44.6 Å². The quantitative estimate of drug-likeness (QED) is 0.881. The van der Waals surface area contributed by atoms with Gasteiger partial charge in [-0.3, -0.25) is 9.78 Å². The normalized spacial score (nSPS) is 27.7. The fraction of sp³-hybridized carbons (Fsp3) is 0.600. The Morgan fingerprint density at radius 1 is 1.58 bits per heavy atom. The summed E-state index contributed by atoms with van der Waals surface area (Å²) in [6.45, 7) is 5.96. The van der Waals surface area contributed by atoms with E-state index in [9.17, 15) is 4.79 Å². The van der Waals surface area contributed by atoms with E-state index in [1.807, 2.05) is 23.2 Å². The average Bonchev–Trinajstić information content (AvgIpc) is 2.70. The first kappa shape index (κ1) is 12.6. The second-order valence-corrected chi connectivity index (χ2v) is 5.67. The second kappa shape index (κ2) is 4.60. The Kier molecular flexibility index (Phi) is 3.05. The largest absolute Gasteiger partial charge is 0.315 e. The number of piperidine rings is 1. The molecule has 1 amide bonds. The van der Waals surface area contributed by atoms with Crippen LogP contribution in [0.3, 0.4) is 0 Å². The average molecular weight is 259 g/mol. The predicted octanol–water partition coefficient (Wildman–Crippen LogP) is 1.85. The van der Waals surface area contributed by atoms with Crippen molar-refractivity contribution < 1.29 is 4.79 Å². The second-order valence-electron chi connectivity index (χ2n) is 5.67. The fourth-order valence-electron chi connectivity index (χ4n) is 3.31. The van der Waals surface area contributed by atoms with Crippen LogP contribution in [0.15, 0.2) is 18.3 Å². The number of nitrogens with zero attached hydrogens (tertiary/aromatic N) is 2. The van der Waals surface area contributed by atoms with Crippen LogP contribution in [0, 0.1) is 0 Å². The van der Waals surface area contributed by atoms with Gasteiger partial charge >= 0.3 is 0 Å². The van der Waals surface area contributed by atoms with Gasteiger partial charge in [0.2, 0.25) is 5.91 Å². The zero-order valence-corrected chi connectivity index (χ0v) is 11.6. The zero-order valence-electron chi connectivity index (χ0n) is 11.6. The molecule has 1 spiro atoms. The molecule has 4 nitrogen and oxygen atoms in total. The molecule has 1 saturated heterocycles. The lowest BCUT2D eigenvalue weighted by Crippen LogP contribution is -2.52. The van der Waals surface area contributed by atoms with Gasteiger partial charge in [0.25, 0.3) is 0 Å². The van der Waals surface area contributed by atoms with Crippen molar-refractivity contribution in [2.75, 3.05) is 18.0 Å². The molecule has 4 heteroatoms. The number of rotatable bonds is 2. The molecule has 2 atom stereocenters. The monoisotopic (exact) mass is 259 g/mol. The molecule has 19 heavy (non-hydrogen) atoms. The van der Waals surface area contributed by atoms with Gasteiger partial charge in [0.05, 0.1) is 11.4 Å². The Bertz CT molecular complexity index is 494. The van der Waals surface area contributed by atoms with Crippen LogP contribution in [0.5, 0.6) is 0 Å². The van der Waals surface area contributed by atoms with E-state index < -0.39 is 5.41 Å². The number of aromatic nitrogens is 1. The van der Waals surface area contributed by atoms with Crippen LogP contribution in [-0.2, 0) is 10.2 Å². The molecule has 0 aliphatic carbocycles. The maximum atomic E-state index is 13.0. The molecule has 3 rings (SSSR count). The number of hydrogen-bond acceptors (Lipinski definition) is 3. The Morgan fingerprint density at radius 3 is 3.11 bits per heavy atom. The minimum absolute atomic E-state index is 0.233. The van der Waals surface area contributed by atoms with Gasteiger partial charge in [-0.2, -0.15) is 0 Å². The first-order chi connectivity index (χ1) is 9.20. The van der Waals surface area contributed by atoms with E-state index in [1.165, 1.54) is 0 Å². The SMILES string of the molecule is CCC(C)N1C(=O)C2(CCCNC2)c2ncccc21. The number of fused-ring (bicyclic) bond motifs is 2. The van der Waals surface area contributed by atoms with Crippen molar-refractivity contribution in [3.05, 3.63) is 24.0 Å². The van der Waals surface area contributed by atoms with Gasteiger partial charge in [-0.1, -0.05) is 6.92 Å². The van der Waals surface area contributed by atoms with Crippen molar-refractivity contribution in [3.63, 3.8) is 0 Å². The van der Waals surface area contributed by atoms with Gasteiger partial charge < -0.3 is 10.2 Å². The molecule has 2 aliphatic rings. The van der Waals surface area contributed by atoms with Crippen molar-refractivity contribution in [3.8, 4) is 0 Å².